The first-order valence-corrected chi connectivity index (χ1v) is 8.35. The Morgan fingerprint density at radius 1 is 1.05 bits per heavy atom. The van der Waals surface area contributed by atoms with E-state index in [0.717, 1.165) is 42.5 Å². The van der Waals surface area contributed by atoms with Gasteiger partial charge in [0.15, 0.2) is 0 Å². The highest BCUT2D eigenvalue weighted by molar-refractivity contribution is 5.94. The molecule has 0 spiro atoms. The minimum absolute atomic E-state index is 0.0605. The van der Waals surface area contributed by atoms with E-state index in [0.29, 0.717) is 6.04 Å². The molecule has 2 aliphatic rings. The highest BCUT2D eigenvalue weighted by Crippen LogP contribution is 2.28. The van der Waals surface area contributed by atoms with Gasteiger partial charge >= 0.3 is 0 Å². The van der Waals surface area contributed by atoms with E-state index in [4.69, 9.17) is 0 Å². The van der Waals surface area contributed by atoms with Crippen LogP contribution in [-0.2, 0) is 0 Å². The number of carbonyl (C=O) groups is 1. The summed E-state index contributed by atoms with van der Waals surface area (Å²) in [7, 11) is 0. The lowest BCUT2D eigenvalue weighted by atomic mass is 9.83. The van der Waals surface area contributed by atoms with Crippen LogP contribution in [0, 0.1) is 11.8 Å². The first kappa shape index (κ1) is 14.4. The molecule has 114 valence electrons. The number of carbonyl (C=O) groups excluding carboxylic acids is 1. The van der Waals surface area contributed by atoms with Crippen molar-refractivity contribution in [2.24, 2.45) is 11.8 Å². The molecule has 2 aliphatic carbocycles. The summed E-state index contributed by atoms with van der Waals surface area (Å²) in [6, 6.07) is 8.30. The number of benzene rings is 1. The van der Waals surface area contributed by atoms with E-state index in [1.54, 1.807) is 0 Å². The van der Waals surface area contributed by atoms with Crippen LogP contribution in [0.5, 0.6) is 0 Å². The van der Waals surface area contributed by atoms with Gasteiger partial charge in [0.25, 0.3) is 5.91 Å². The van der Waals surface area contributed by atoms with Crippen molar-refractivity contribution in [3.8, 4) is 0 Å². The van der Waals surface area contributed by atoms with Crippen molar-refractivity contribution in [2.45, 2.75) is 51.5 Å². The third kappa shape index (κ3) is 4.23. The Hall–Kier alpha value is -1.51. The lowest BCUT2D eigenvalue weighted by Gasteiger charge is -2.26. The summed E-state index contributed by atoms with van der Waals surface area (Å²) in [5.41, 5.74) is 1.88. The van der Waals surface area contributed by atoms with Crippen LogP contribution in [0.25, 0.3) is 0 Å². The maximum Gasteiger partial charge on any atom is 0.251 e. The van der Waals surface area contributed by atoms with Crippen molar-refractivity contribution in [3.05, 3.63) is 29.8 Å². The van der Waals surface area contributed by atoms with Gasteiger partial charge in [-0.15, -0.1) is 0 Å². The van der Waals surface area contributed by atoms with E-state index >= 15 is 0 Å². The predicted octanol–water partition coefficient (Wildman–Crippen LogP) is 3.82. The van der Waals surface area contributed by atoms with Crippen molar-refractivity contribution >= 4 is 11.6 Å². The first-order chi connectivity index (χ1) is 10.2. The van der Waals surface area contributed by atoms with Crippen molar-refractivity contribution < 1.29 is 4.79 Å². The Kier molecular flexibility index (Phi) is 4.47. The average Bonchev–Trinajstić information content (AvgIpc) is 3.31. The van der Waals surface area contributed by atoms with Crippen LogP contribution in [0.15, 0.2) is 24.3 Å². The zero-order chi connectivity index (χ0) is 14.7. The SMILES string of the molecule is CC1CCC(CNc2ccc(C(=O)NC3CC3)cc2)CC1. The fourth-order valence-electron chi connectivity index (χ4n) is 3.03. The fraction of sp³-hybridized carbons (Fsp3) is 0.611. The van der Waals surface area contributed by atoms with Gasteiger partial charge in [-0.05, 0) is 61.8 Å². The van der Waals surface area contributed by atoms with E-state index in [1.807, 2.05) is 24.3 Å². The molecule has 0 aliphatic heterocycles. The van der Waals surface area contributed by atoms with E-state index in [9.17, 15) is 4.79 Å². The van der Waals surface area contributed by atoms with Crippen molar-refractivity contribution in [2.75, 3.05) is 11.9 Å². The molecule has 0 heterocycles. The standard InChI is InChI=1S/C18H26N2O/c1-13-2-4-14(5-3-13)12-19-16-8-6-15(7-9-16)18(21)20-17-10-11-17/h6-9,13-14,17,19H,2-5,10-12H2,1H3,(H,20,21). The van der Waals surface area contributed by atoms with Crippen LogP contribution in [0.4, 0.5) is 5.69 Å². The Balaban J connectivity index is 1.46. The molecule has 1 aromatic rings. The molecule has 0 aromatic heterocycles. The van der Waals surface area contributed by atoms with E-state index < -0.39 is 0 Å². The molecule has 1 amide bonds. The smallest absolute Gasteiger partial charge is 0.251 e. The van der Waals surface area contributed by atoms with Gasteiger partial charge < -0.3 is 10.6 Å². The van der Waals surface area contributed by atoms with Crippen LogP contribution < -0.4 is 10.6 Å². The molecule has 0 unspecified atom stereocenters. The average molecular weight is 286 g/mol. The second-order valence-electron chi connectivity index (χ2n) is 6.83. The van der Waals surface area contributed by atoms with Gasteiger partial charge in [0.05, 0.1) is 0 Å². The quantitative estimate of drug-likeness (QED) is 0.864. The third-order valence-corrected chi connectivity index (χ3v) is 4.79. The highest BCUT2D eigenvalue weighted by Gasteiger charge is 2.23. The number of hydrogen-bond donors (Lipinski definition) is 2. The summed E-state index contributed by atoms with van der Waals surface area (Å²) >= 11 is 0. The first-order valence-electron chi connectivity index (χ1n) is 8.35. The second-order valence-corrected chi connectivity index (χ2v) is 6.83. The van der Waals surface area contributed by atoms with E-state index in [1.165, 1.54) is 25.7 Å². The van der Waals surface area contributed by atoms with Gasteiger partial charge in [-0.25, -0.2) is 0 Å². The minimum atomic E-state index is 0.0605. The molecule has 0 radical (unpaired) electrons. The summed E-state index contributed by atoms with van der Waals surface area (Å²) in [5.74, 6) is 1.77. The molecule has 3 heteroatoms. The highest BCUT2D eigenvalue weighted by atomic mass is 16.1. The number of rotatable bonds is 5. The largest absolute Gasteiger partial charge is 0.385 e. The molecule has 3 rings (SSSR count). The van der Waals surface area contributed by atoms with Crippen LogP contribution in [0.1, 0.15) is 55.8 Å². The Morgan fingerprint density at radius 3 is 2.33 bits per heavy atom. The number of nitrogens with one attached hydrogen (secondary N) is 2. The van der Waals surface area contributed by atoms with Crippen LogP contribution in [-0.4, -0.2) is 18.5 Å². The summed E-state index contributed by atoms with van der Waals surface area (Å²) in [5, 5.41) is 6.53. The molecule has 3 nitrogen and oxygen atoms in total. The lowest BCUT2D eigenvalue weighted by molar-refractivity contribution is 0.0951. The minimum Gasteiger partial charge on any atom is -0.385 e. The van der Waals surface area contributed by atoms with Gasteiger partial charge in [-0.2, -0.15) is 0 Å². The maximum atomic E-state index is 11.9. The maximum absolute atomic E-state index is 11.9. The molecule has 2 saturated carbocycles. The predicted molar refractivity (Wildman–Crippen MR) is 86.5 cm³/mol. The number of hydrogen-bond acceptors (Lipinski definition) is 2. The summed E-state index contributed by atoms with van der Waals surface area (Å²) in [6.07, 6.45) is 7.68. The Labute approximate surface area is 127 Å². The molecular formula is C18H26N2O. The van der Waals surface area contributed by atoms with Crippen LogP contribution in [0.2, 0.25) is 0 Å². The lowest BCUT2D eigenvalue weighted by Crippen LogP contribution is -2.25. The van der Waals surface area contributed by atoms with E-state index in [-0.39, 0.29) is 5.91 Å². The zero-order valence-corrected chi connectivity index (χ0v) is 12.9. The van der Waals surface area contributed by atoms with Gasteiger partial charge in [0.2, 0.25) is 0 Å². The number of anilines is 1. The molecular weight excluding hydrogens is 260 g/mol. The second kappa shape index (κ2) is 6.50. The van der Waals surface area contributed by atoms with Crippen molar-refractivity contribution in [1.82, 2.24) is 5.32 Å². The van der Waals surface area contributed by atoms with Crippen molar-refractivity contribution in [1.29, 1.82) is 0 Å². The topological polar surface area (TPSA) is 41.1 Å². The molecule has 0 saturated heterocycles. The Bertz CT molecular complexity index is 470. The molecule has 0 bridgehead atoms. The van der Waals surface area contributed by atoms with Crippen LogP contribution >= 0.6 is 0 Å². The third-order valence-electron chi connectivity index (χ3n) is 4.79. The van der Waals surface area contributed by atoms with Gasteiger partial charge in [0.1, 0.15) is 0 Å². The molecule has 21 heavy (non-hydrogen) atoms. The van der Waals surface area contributed by atoms with Crippen molar-refractivity contribution in [3.63, 3.8) is 0 Å². The molecule has 0 atom stereocenters. The molecule has 1 aromatic carbocycles. The monoisotopic (exact) mass is 286 g/mol. The zero-order valence-electron chi connectivity index (χ0n) is 12.9. The van der Waals surface area contributed by atoms with Gasteiger partial charge in [0, 0.05) is 23.8 Å². The van der Waals surface area contributed by atoms with Gasteiger partial charge in [-0.1, -0.05) is 19.8 Å². The molecule has 2 N–H and O–H groups in total. The summed E-state index contributed by atoms with van der Waals surface area (Å²) in [6.45, 7) is 3.41. The normalized spacial score (nSPS) is 25.4. The summed E-state index contributed by atoms with van der Waals surface area (Å²) in [4.78, 5) is 11.9. The van der Waals surface area contributed by atoms with Gasteiger partial charge in [-0.3, -0.25) is 4.79 Å². The number of amides is 1. The molecule has 2 fully saturated rings. The summed E-state index contributed by atoms with van der Waals surface area (Å²) < 4.78 is 0. The van der Waals surface area contributed by atoms with E-state index in [2.05, 4.69) is 17.6 Å². The Morgan fingerprint density at radius 2 is 1.71 bits per heavy atom. The fourth-order valence-corrected chi connectivity index (χ4v) is 3.03. The van der Waals surface area contributed by atoms with Crippen LogP contribution in [0.3, 0.4) is 0 Å².